The van der Waals surface area contributed by atoms with E-state index in [1.807, 2.05) is 35.1 Å². The maximum Gasteiger partial charge on any atom is 0.120 e. The van der Waals surface area contributed by atoms with Crippen LogP contribution in [0.3, 0.4) is 0 Å². The predicted octanol–water partition coefficient (Wildman–Crippen LogP) is 3.29. The van der Waals surface area contributed by atoms with Crippen LogP contribution in [0.1, 0.15) is 25.5 Å². The molecule has 0 fully saturated rings. The topological polar surface area (TPSA) is 39.1 Å². The zero-order valence-electron chi connectivity index (χ0n) is 11.8. The highest BCUT2D eigenvalue weighted by atomic mass is 35.5. The number of benzene rings is 1. The normalized spacial score (nSPS) is 12.3. The summed E-state index contributed by atoms with van der Waals surface area (Å²) in [6.07, 6.45) is 3.94. The van der Waals surface area contributed by atoms with Gasteiger partial charge in [-0.25, -0.2) is 0 Å². The van der Waals surface area contributed by atoms with Crippen LogP contribution >= 0.6 is 11.6 Å². The van der Waals surface area contributed by atoms with E-state index in [1.165, 1.54) is 0 Å². The number of hydrogen-bond donors (Lipinski definition) is 1. The van der Waals surface area contributed by atoms with Gasteiger partial charge < -0.3 is 10.1 Å². The Bertz CT molecular complexity index is 541. The summed E-state index contributed by atoms with van der Waals surface area (Å²) in [7, 11) is 0. The number of aromatic nitrogens is 2. The quantitative estimate of drug-likeness (QED) is 0.851. The van der Waals surface area contributed by atoms with Gasteiger partial charge in [0.15, 0.2) is 0 Å². The SMILES string of the molecule is CCNC(COc1cccc(Cl)c1)c1cnn(CC)c1. The third kappa shape index (κ3) is 3.99. The van der Waals surface area contributed by atoms with Crippen molar-refractivity contribution in [1.82, 2.24) is 15.1 Å². The van der Waals surface area contributed by atoms with Crippen LogP contribution in [0.4, 0.5) is 0 Å². The molecule has 20 heavy (non-hydrogen) atoms. The van der Waals surface area contributed by atoms with Crippen molar-refractivity contribution in [3.05, 3.63) is 47.2 Å². The molecule has 5 heteroatoms. The second kappa shape index (κ2) is 7.31. The summed E-state index contributed by atoms with van der Waals surface area (Å²) < 4.78 is 7.73. The predicted molar refractivity (Wildman–Crippen MR) is 81.3 cm³/mol. The highest BCUT2D eigenvalue weighted by Gasteiger charge is 2.13. The number of nitrogens with one attached hydrogen (secondary N) is 1. The second-order valence-corrected chi connectivity index (χ2v) is 4.94. The van der Waals surface area contributed by atoms with Gasteiger partial charge in [0.1, 0.15) is 12.4 Å². The van der Waals surface area contributed by atoms with E-state index in [2.05, 4.69) is 30.5 Å². The van der Waals surface area contributed by atoms with Crippen molar-refractivity contribution in [2.45, 2.75) is 26.4 Å². The molecule has 4 nitrogen and oxygen atoms in total. The molecule has 1 unspecified atom stereocenters. The fourth-order valence-electron chi connectivity index (χ4n) is 1.99. The van der Waals surface area contributed by atoms with E-state index in [9.17, 15) is 0 Å². The van der Waals surface area contributed by atoms with E-state index in [0.717, 1.165) is 24.4 Å². The molecule has 0 aliphatic rings. The molecule has 1 aromatic heterocycles. The first-order valence-electron chi connectivity index (χ1n) is 6.87. The van der Waals surface area contributed by atoms with Gasteiger partial charge in [0.25, 0.3) is 0 Å². The largest absolute Gasteiger partial charge is 0.492 e. The van der Waals surface area contributed by atoms with Crippen LogP contribution < -0.4 is 10.1 Å². The molecule has 0 spiro atoms. The molecule has 0 saturated heterocycles. The van der Waals surface area contributed by atoms with Crippen molar-refractivity contribution in [2.75, 3.05) is 13.2 Å². The maximum absolute atomic E-state index is 5.95. The Morgan fingerprint density at radius 1 is 1.40 bits per heavy atom. The van der Waals surface area contributed by atoms with Gasteiger partial charge in [-0.3, -0.25) is 4.68 Å². The lowest BCUT2D eigenvalue weighted by molar-refractivity contribution is 0.268. The molecule has 0 amide bonds. The Hall–Kier alpha value is -1.52. The van der Waals surface area contributed by atoms with Crippen LogP contribution in [0.25, 0.3) is 0 Å². The number of hydrogen-bond acceptors (Lipinski definition) is 3. The molecule has 108 valence electrons. The monoisotopic (exact) mass is 293 g/mol. The summed E-state index contributed by atoms with van der Waals surface area (Å²) >= 11 is 5.95. The van der Waals surface area contributed by atoms with Gasteiger partial charge in [0, 0.05) is 23.3 Å². The van der Waals surface area contributed by atoms with Crippen LogP contribution in [0.2, 0.25) is 5.02 Å². The van der Waals surface area contributed by atoms with Gasteiger partial charge in [0.05, 0.1) is 12.2 Å². The molecule has 1 heterocycles. The van der Waals surface area contributed by atoms with Crippen LogP contribution in [0, 0.1) is 0 Å². The van der Waals surface area contributed by atoms with E-state index in [1.54, 1.807) is 0 Å². The average Bonchev–Trinajstić information content (AvgIpc) is 2.92. The summed E-state index contributed by atoms with van der Waals surface area (Å²) in [6, 6.07) is 7.57. The van der Waals surface area contributed by atoms with E-state index in [4.69, 9.17) is 16.3 Å². The Morgan fingerprint density at radius 2 is 2.25 bits per heavy atom. The molecule has 1 N–H and O–H groups in total. The van der Waals surface area contributed by atoms with Crippen molar-refractivity contribution in [1.29, 1.82) is 0 Å². The smallest absolute Gasteiger partial charge is 0.120 e. The van der Waals surface area contributed by atoms with Crippen LogP contribution in [-0.4, -0.2) is 22.9 Å². The van der Waals surface area contributed by atoms with Gasteiger partial charge in [-0.2, -0.15) is 5.10 Å². The molecule has 0 saturated carbocycles. The molecule has 1 aromatic carbocycles. The summed E-state index contributed by atoms with van der Waals surface area (Å²) in [4.78, 5) is 0. The van der Waals surface area contributed by atoms with Gasteiger partial charge in [-0.15, -0.1) is 0 Å². The zero-order valence-corrected chi connectivity index (χ0v) is 12.6. The Kier molecular flexibility index (Phi) is 5.44. The third-order valence-electron chi connectivity index (χ3n) is 3.04. The summed E-state index contributed by atoms with van der Waals surface area (Å²) in [5.74, 6) is 0.781. The third-order valence-corrected chi connectivity index (χ3v) is 3.28. The van der Waals surface area contributed by atoms with Crippen molar-refractivity contribution in [2.24, 2.45) is 0 Å². The fraction of sp³-hybridized carbons (Fsp3) is 0.400. The first-order valence-corrected chi connectivity index (χ1v) is 7.24. The number of likely N-dealkylation sites (N-methyl/N-ethyl adjacent to an activating group) is 1. The van der Waals surface area contributed by atoms with Gasteiger partial charge in [-0.05, 0) is 31.7 Å². The Balaban J connectivity index is 2.02. The fourth-order valence-corrected chi connectivity index (χ4v) is 2.17. The van der Waals surface area contributed by atoms with Gasteiger partial charge in [-0.1, -0.05) is 24.6 Å². The molecule has 0 aliphatic heterocycles. The first-order chi connectivity index (χ1) is 9.72. The minimum atomic E-state index is 0.124. The van der Waals surface area contributed by atoms with Crippen LogP contribution in [-0.2, 0) is 6.54 Å². The molecule has 0 aliphatic carbocycles. The molecular formula is C15H20ClN3O. The number of rotatable bonds is 7. The van der Waals surface area contributed by atoms with Gasteiger partial charge >= 0.3 is 0 Å². The van der Waals surface area contributed by atoms with E-state index in [0.29, 0.717) is 11.6 Å². The number of aryl methyl sites for hydroxylation is 1. The molecule has 2 rings (SSSR count). The van der Waals surface area contributed by atoms with Crippen LogP contribution in [0.15, 0.2) is 36.7 Å². The maximum atomic E-state index is 5.95. The molecule has 0 bridgehead atoms. The van der Waals surface area contributed by atoms with E-state index < -0.39 is 0 Å². The number of ether oxygens (including phenoxy) is 1. The summed E-state index contributed by atoms with van der Waals surface area (Å²) in [5, 5.41) is 8.40. The Morgan fingerprint density at radius 3 is 2.90 bits per heavy atom. The summed E-state index contributed by atoms with van der Waals surface area (Å²) in [5.41, 5.74) is 1.13. The molecule has 1 atom stereocenters. The van der Waals surface area contributed by atoms with Crippen molar-refractivity contribution in [3.8, 4) is 5.75 Å². The highest BCUT2D eigenvalue weighted by Crippen LogP contribution is 2.19. The minimum Gasteiger partial charge on any atom is -0.492 e. The van der Waals surface area contributed by atoms with Gasteiger partial charge in [0.2, 0.25) is 0 Å². The Labute approximate surface area is 124 Å². The number of nitrogens with zero attached hydrogens (tertiary/aromatic N) is 2. The van der Waals surface area contributed by atoms with Crippen molar-refractivity contribution < 1.29 is 4.74 Å². The van der Waals surface area contributed by atoms with Crippen molar-refractivity contribution in [3.63, 3.8) is 0 Å². The summed E-state index contributed by atoms with van der Waals surface area (Å²) in [6.45, 7) is 6.44. The molecular weight excluding hydrogens is 274 g/mol. The first kappa shape index (κ1) is 14.9. The van der Waals surface area contributed by atoms with E-state index in [-0.39, 0.29) is 6.04 Å². The lowest BCUT2D eigenvalue weighted by Crippen LogP contribution is -2.26. The standard InChI is InChI=1S/C15H20ClN3O/c1-3-17-15(12-9-18-19(4-2)10-12)11-20-14-7-5-6-13(16)8-14/h5-10,15,17H,3-4,11H2,1-2H3. The van der Waals surface area contributed by atoms with Crippen molar-refractivity contribution >= 4 is 11.6 Å². The number of halogens is 1. The average molecular weight is 294 g/mol. The lowest BCUT2D eigenvalue weighted by atomic mass is 10.2. The molecule has 2 aromatic rings. The lowest BCUT2D eigenvalue weighted by Gasteiger charge is -2.17. The molecule has 0 radical (unpaired) electrons. The second-order valence-electron chi connectivity index (χ2n) is 4.51. The zero-order chi connectivity index (χ0) is 14.4. The highest BCUT2D eigenvalue weighted by molar-refractivity contribution is 6.30. The van der Waals surface area contributed by atoms with E-state index >= 15 is 0 Å². The van der Waals surface area contributed by atoms with Crippen LogP contribution in [0.5, 0.6) is 5.75 Å². The minimum absolute atomic E-state index is 0.124.